The topological polar surface area (TPSA) is 68.7 Å². The van der Waals surface area contributed by atoms with E-state index in [-0.39, 0.29) is 5.75 Å². The van der Waals surface area contributed by atoms with Crippen LogP contribution in [0.15, 0.2) is 6.07 Å². The van der Waals surface area contributed by atoms with E-state index in [4.69, 9.17) is 5.11 Å². The fourth-order valence-electron chi connectivity index (χ4n) is 1.12. The lowest BCUT2D eigenvalue weighted by molar-refractivity contribution is -0.276. The van der Waals surface area contributed by atoms with Crippen LogP contribution in [-0.4, -0.2) is 29.5 Å². The monoisotopic (exact) mass is 269 g/mol. The number of aromatic nitrogens is 1. The van der Waals surface area contributed by atoms with Crippen LogP contribution in [0.3, 0.4) is 0 Å². The van der Waals surface area contributed by atoms with Gasteiger partial charge in [0, 0.05) is 5.56 Å². The van der Waals surface area contributed by atoms with Gasteiger partial charge < -0.3 is 14.6 Å². The Kier molecular flexibility index (Phi) is 3.94. The first-order valence-corrected chi connectivity index (χ1v) is 4.41. The van der Waals surface area contributed by atoms with Crippen molar-refractivity contribution in [3.05, 3.63) is 17.3 Å². The average molecular weight is 269 g/mol. The maximum atomic E-state index is 12.5. The number of halogens is 4. The van der Waals surface area contributed by atoms with Crippen molar-refractivity contribution in [3.63, 3.8) is 0 Å². The summed E-state index contributed by atoms with van der Waals surface area (Å²) in [7, 11) is 1.08. The molecule has 0 saturated carbocycles. The highest BCUT2D eigenvalue weighted by Crippen LogP contribution is 2.30. The third kappa shape index (κ3) is 3.22. The average Bonchev–Trinajstić information content (AvgIpc) is 2.26. The Balaban J connectivity index is 3.32. The molecule has 0 aliphatic carbocycles. The molecule has 1 aromatic heterocycles. The highest BCUT2D eigenvalue weighted by molar-refractivity contribution is 5.88. The molecular formula is C9H7F4NO4. The van der Waals surface area contributed by atoms with E-state index in [0.29, 0.717) is 0 Å². The number of carbonyl (C=O) groups is 1. The molecule has 1 N–H and O–H groups in total. The van der Waals surface area contributed by atoms with Crippen molar-refractivity contribution in [1.82, 2.24) is 4.98 Å². The number of ether oxygens (including phenoxy) is 2. The van der Waals surface area contributed by atoms with E-state index < -0.39 is 36.1 Å². The molecule has 0 amide bonds. The van der Waals surface area contributed by atoms with Crippen LogP contribution in [0.1, 0.15) is 16.1 Å². The molecule has 0 unspecified atom stereocenters. The number of nitrogens with zero attached hydrogens (tertiary/aromatic N) is 1. The minimum Gasteiger partial charge on any atom is -0.494 e. The largest absolute Gasteiger partial charge is 0.574 e. The lowest BCUT2D eigenvalue weighted by Crippen LogP contribution is -2.20. The zero-order valence-electron chi connectivity index (χ0n) is 8.92. The van der Waals surface area contributed by atoms with Gasteiger partial charge >= 0.3 is 12.3 Å². The first-order chi connectivity index (χ1) is 8.28. The van der Waals surface area contributed by atoms with Gasteiger partial charge in [0.25, 0.3) is 0 Å². The van der Waals surface area contributed by atoms with Gasteiger partial charge in [0.15, 0.2) is 11.4 Å². The molecule has 0 aliphatic rings. The Hall–Kier alpha value is -2.06. The highest BCUT2D eigenvalue weighted by atomic mass is 19.4. The van der Waals surface area contributed by atoms with Crippen LogP contribution >= 0.6 is 0 Å². The molecule has 100 valence electrons. The van der Waals surface area contributed by atoms with Crippen molar-refractivity contribution in [1.29, 1.82) is 0 Å². The number of aromatic carboxylic acids is 1. The van der Waals surface area contributed by atoms with Crippen LogP contribution in [-0.2, 0) is 6.67 Å². The fraction of sp³-hybridized carbons (Fsp3) is 0.333. The number of pyridine rings is 1. The van der Waals surface area contributed by atoms with Crippen molar-refractivity contribution < 1.29 is 36.9 Å². The highest BCUT2D eigenvalue weighted by Gasteiger charge is 2.34. The molecule has 5 nitrogen and oxygen atoms in total. The van der Waals surface area contributed by atoms with Gasteiger partial charge in [-0.15, -0.1) is 13.2 Å². The molecule has 0 bridgehead atoms. The molecule has 1 rings (SSSR count). The van der Waals surface area contributed by atoms with Gasteiger partial charge in [-0.1, -0.05) is 0 Å². The summed E-state index contributed by atoms with van der Waals surface area (Å²) < 4.78 is 56.6. The Bertz CT molecular complexity index is 461. The van der Waals surface area contributed by atoms with E-state index in [1.54, 1.807) is 0 Å². The van der Waals surface area contributed by atoms with E-state index in [0.717, 1.165) is 13.2 Å². The Morgan fingerprint density at radius 2 is 2.11 bits per heavy atom. The van der Waals surface area contributed by atoms with Crippen molar-refractivity contribution in [2.75, 3.05) is 7.11 Å². The van der Waals surface area contributed by atoms with Crippen LogP contribution < -0.4 is 9.47 Å². The molecule has 0 saturated heterocycles. The number of hydrogen-bond donors (Lipinski definition) is 1. The summed E-state index contributed by atoms with van der Waals surface area (Å²) in [5, 5.41) is 8.71. The van der Waals surface area contributed by atoms with Gasteiger partial charge in [0.2, 0.25) is 5.88 Å². The lowest BCUT2D eigenvalue weighted by Gasteiger charge is -2.13. The van der Waals surface area contributed by atoms with E-state index in [9.17, 15) is 22.4 Å². The number of carboxylic acids is 1. The summed E-state index contributed by atoms with van der Waals surface area (Å²) in [6, 6.07) is 0.789. The van der Waals surface area contributed by atoms with Gasteiger partial charge in [0.1, 0.15) is 6.67 Å². The number of methoxy groups -OCH3 is 1. The molecule has 1 heterocycles. The predicted octanol–water partition coefficient (Wildman–Crippen LogP) is 2.16. The Labute approximate surface area is 98.0 Å². The molecule has 0 aromatic carbocycles. The van der Waals surface area contributed by atoms with Crippen molar-refractivity contribution >= 4 is 5.97 Å². The van der Waals surface area contributed by atoms with Crippen molar-refractivity contribution in [2.45, 2.75) is 13.0 Å². The molecule has 0 aliphatic heterocycles. The van der Waals surface area contributed by atoms with Gasteiger partial charge in [-0.25, -0.2) is 14.2 Å². The molecule has 18 heavy (non-hydrogen) atoms. The minimum absolute atomic E-state index is 0.357. The molecule has 0 radical (unpaired) electrons. The minimum atomic E-state index is -5.10. The van der Waals surface area contributed by atoms with Crippen LogP contribution in [0.5, 0.6) is 11.6 Å². The SMILES string of the molecule is COc1cc(CF)c(OC(F)(F)F)nc1C(=O)O. The molecule has 0 fully saturated rings. The second kappa shape index (κ2) is 5.07. The number of alkyl halides is 4. The van der Waals surface area contributed by atoms with Gasteiger partial charge in [0.05, 0.1) is 7.11 Å². The van der Waals surface area contributed by atoms with E-state index in [1.807, 2.05) is 0 Å². The van der Waals surface area contributed by atoms with E-state index in [2.05, 4.69) is 14.5 Å². The molecule has 0 atom stereocenters. The lowest BCUT2D eigenvalue weighted by atomic mass is 10.2. The van der Waals surface area contributed by atoms with Crippen LogP contribution in [0.4, 0.5) is 17.6 Å². The summed E-state index contributed by atoms with van der Waals surface area (Å²) >= 11 is 0. The maximum absolute atomic E-state index is 12.5. The van der Waals surface area contributed by atoms with Gasteiger partial charge in [-0.3, -0.25) is 0 Å². The zero-order valence-corrected chi connectivity index (χ0v) is 8.92. The second-order valence-electron chi connectivity index (χ2n) is 2.99. The number of hydrogen-bond acceptors (Lipinski definition) is 4. The summed E-state index contributed by atoms with van der Waals surface area (Å²) in [4.78, 5) is 13.8. The Morgan fingerprint density at radius 3 is 2.50 bits per heavy atom. The molecule has 0 spiro atoms. The number of rotatable bonds is 4. The molecule has 1 aromatic rings. The maximum Gasteiger partial charge on any atom is 0.574 e. The smallest absolute Gasteiger partial charge is 0.494 e. The van der Waals surface area contributed by atoms with Crippen molar-refractivity contribution in [3.8, 4) is 11.6 Å². The summed E-state index contributed by atoms with van der Waals surface area (Å²) in [6.07, 6.45) is -5.10. The predicted molar refractivity (Wildman–Crippen MR) is 49.2 cm³/mol. The summed E-state index contributed by atoms with van der Waals surface area (Å²) in [5.74, 6) is -3.13. The van der Waals surface area contributed by atoms with E-state index >= 15 is 0 Å². The molecular weight excluding hydrogens is 262 g/mol. The summed E-state index contributed by atoms with van der Waals surface area (Å²) in [6.45, 7) is -1.31. The fourth-order valence-corrected chi connectivity index (χ4v) is 1.12. The quantitative estimate of drug-likeness (QED) is 0.848. The third-order valence-electron chi connectivity index (χ3n) is 1.81. The van der Waals surface area contributed by atoms with Gasteiger partial charge in [-0.2, -0.15) is 0 Å². The molecule has 9 heteroatoms. The second-order valence-corrected chi connectivity index (χ2v) is 2.99. The Morgan fingerprint density at radius 1 is 1.50 bits per heavy atom. The van der Waals surface area contributed by atoms with Crippen molar-refractivity contribution in [2.24, 2.45) is 0 Å². The van der Waals surface area contributed by atoms with E-state index in [1.165, 1.54) is 0 Å². The van der Waals surface area contributed by atoms with Crippen LogP contribution in [0.25, 0.3) is 0 Å². The third-order valence-corrected chi connectivity index (χ3v) is 1.81. The van der Waals surface area contributed by atoms with Crippen LogP contribution in [0.2, 0.25) is 0 Å². The zero-order chi connectivity index (χ0) is 13.9. The first kappa shape index (κ1) is 14.0. The number of carboxylic acid groups (broad SMARTS) is 1. The summed E-state index contributed by atoms with van der Waals surface area (Å²) in [5.41, 5.74) is -1.36. The van der Waals surface area contributed by atoms with Gasteiger partial charge in [-0.05, 0) is 6.07 Å². The normalized spacial score (nSPS) is 11.2. The first-order valence-electron chi connectivity index (χ1n) is 4.41. The van der Waals surface area contributed by atoms with Crippen LogP contribution in [0, 0.1) is 0 Å². The standard InChI is InChI=1S/C9H7F4NO4/c1-17-5-2-4(3-10)7(18-9(11,12)13)14-6(5)8(15)16/h2H,3H2,1H3,(H,15,16).